The van der Waals surface area contributed by atoms with Crippen molar-refractivity contribution < 1.29 is 89.4 Å². The van der Waals surface area contributed by atoms with E-state index in [0.717, 1.165) is 59.7 Å². The fourth-order valence-electron chi connectivity index (χ4n) is 9.62. The fourth-order valence-corrected chi connectivity index (χ4v) is 9.62. The lowest BCUT2D eigenvalue weighted by Gasteiger charge is -2.34. The molecule has 0 saturated carbocycles. The first-order chi connectivity index (χ1) is 38.9. The fraction of sp³-hybridized carbons (Fsp3) is 0.421. The van der Waals surface area contributed by atoms with E-state index in [9.17, 15) is 84.6 Å². The highest BCUT2D eigenvalue weighted by Gasteiger charge is 2.51. The Labute approximate surface area is 470 Å². The molecule has 0 aliphatic carbocycles. The molecule has 0 radical (unpaired) electrons. The molecule has 15 atom stereocenters. The quantitative estimate of drug-likeness (QED) is 0.0656. The first-order valence-corrected chi connectivity index (χ1v) is 26.5. The number of phenolic OH excluding ortho intramolecular Hbond substituents is 1. The van der Waals surface area contributed by atoms with Crippen LogP contribution in [0.5, 0.6) is 11.5 Å². The number of phenols is 1. The second kappa shape index (κ2) is 27.2. The predicted octanol–water partition coefficient (Wildman–Crippen LogP) is -3.25. The highest BCUT2D eigenvalue weighted by Crippen LogP contribution is 2.27. The van der Waals surface area contributed by atoms with Gasteiger partial charge in [0, 0.05) is 36.1 Å². The number of rotatable bonds is 11. The normalized spacial score (nSPS) is 27.3. The van der Waals surface area contributed by atoms with E-state index in [4.69, 9.17) is 4.74 Å². The van der Waals surface area contributed by atoms with Gasteiger partial charge in [-0.05, 0) is 97.6 Å². The highest BCUT2D eigenvalue weighted by molar-refractivity contribution is 6.00. The maximum absolute atomic E-state index is 14.4. The number of nitrogens with zero attached hydrogens (tertiary/aromatic N) is 2. The third-order valence-electron chi connectivity index (χ3n) is 14.2. The molecule has 7 rings (SSSR count). The zero-order valence-corrected chi connectivity index (χ0v) is 44.8. The number of ether oxygens (including phenoxy) is 1. The maximum Gasteiger partial charge on any atom is 0.251 e. The molecule has 1 unspecified atom stereocenters. The van der Waals surface area contributed by atoms with Crippen molar-refractivity contribution in [1.29, 1.82) is 0 Å². The number of hydrogen-bond acceptors (Lipinski definition) is 18. The summed E-state index contributed by atoms with van der Waals surface area (Å²) in [6.07, 6.45) is -18.6. The van der Waals surface area contributed by atoms with Gasteiger partial charge in [-0.1, -0.05) is 55.2 Å². The maximum atomic E-state index is 14.4. The van der Waals surface area contributed by atoms with E-state index in [1.807, 2.05) is 60.8 Å². The number of carbonyl (C=O) groups excluding carboxylic acids is 7. The number of hydrogen-bond donors (Lipinski definition) is 15. The summed E-state index contributed by atoms with van der Waals surface area (Å²) in [5.41, 5.74) is 2.80. The number of aliphatic hydroxyl groups excluding tert-OH is 9. The van der Waals surface area contributed by atoms with Crippen molar-refractivity contribution in [2.24, 2.45) is 0 Å². The average Bonchev–Trinajstić information content (AvgIpc) is 4.22. The van der Waals surface area contributed by atoms with Crippen molar-refractivity contribution in [3.8, 4) is 34.5 Å². The first kappa shape index (κ1) is 61.6. The molecule has 0 spiro atoms. The molecule has 0 bridgehead atoms. The summed E-state index contributed by atoms with van der Waals surface area (Å²) >= 11 is 0. The summed E-state index contributed by atoms with van der Waals surface area (Å²) in [5, 5.41) is 121. The molecule has 3 saturated heterocycles. The van der Waals surface area contributed by atoms with E-state index in [2.05, 4.69) is 33.1 Å². The van der Waals surface area contributed by atoms with Gasteiger partial charge in [0.2, 0.25) is 35.4 Å². The Kier molecular flexibility index (Phi) is 20.4. The molecule has 3 aliphatic heterocycles. The molecule has 3 aliphatic rings. The van der Waals surface area contributed by atoms with Gasteiger partial charge >= 0.3 is 0 Å². The van der Waals surface area contributed by atoms with Crippen LogP contribution < -0.4 is 31.3 Å². The molecule has 0 aromatic heterocycles. The smallest absolute Gasteiger partial charge is 0.251 e. The molecular weight excluding hydrogens is 1070 g/mol. The lowest BCUT2D eigenvalue weighted by atomic mass is 9.96. The van der Waals surface area contributed by atoms with Gasteiger partial charge in [-0.15, -0.1) is 0 Å². The lowest BCUT2D eigenvalue weighted by Crippen LogP contribution is -2.64. The highest BCUT2D eigenvalue weighted by atomic mass is 16.5. The topological polar surface area (TPSA) is 398 Å². The Hall–Kier alpha value is -8.03. The van der Waals surface area contributed by atoms with Gasteiger partial charge in [0.1, 0.15) is 72.2 Å². The van der Waals surface area contributed by atoms with Crippen molar-refractivity contribution in [3.05, 3.63) is 119 Å². The van der Waals surface area contributed by atoms with E-state index < -0.39 is 159 Å². The molecule has 4 aromatic carbocycles. The van der Waals surface area contributed by atoms with E-state index in [1.54, 1.807) is 12.1 Å². The monoisotopic (exact) mass is 1140 g/mol. The molecule has 25 heteroatoms. The lowest BCUT2D eigenvalue weighted by molar-refractivity contribution is -0.148. The van der Waals surface area contributed by atoms with Crippen LogP contribution in [-0.2, 0) is 28.8 Å². The van der Waals surface area contributed by atoms with Crippen LogP contribution >= 0.6 is 0 Å². The minimum atomic E-state index is -2.38. The number of carbonyl (C=O) groups is 7. The molecule has 15 N–H and O–H groups in total. The SMILES string of the molecule is CCCOc1ccc(C#Cc2ccc(-c3ccc(C(=O)NC4C[C@@H](O)[C@@H](O)NC(=O)[C@@H]5[C@@H](O)[C@@H](O)CN5C(=O)[C@H]([C@@H](C)O)NC(=O)[C@H]([C@H](O)[C@@H](O)c5ccc(O)cc5)NC(=O)[C@@H]5C[C@@H](O)CN5C(=O)[C@H]([C@@H](C)O)NC4=O)cc3)cc2)cc1. The zero-order chi connectivity index (χ0) is 59.7. The van der Waals surface area contributed by atoms with Gasteiger partial charge in [-0.2, -0.15) is 0 Å². The number of fused-ring (bicyclic) bond motifs is 2. The van der Waals surface area contributed by atoms with Gasteiger partial charge in [-0.25, -0.2) is 0 Å². The number of aliphatic hydroxyl groups is 9. The molecule has 3 fully saturated rings. The standard InChI is InChI=1S/C57H67N7O18/c1-4-23-82-38-21-9-31(10-22-38)6-5-30-7-11-32(12-8-30)33-13-15-35(16-14-33)50(74)58-39-25-41(69)53(77)62-55(79)46-48(72)42(70)27-64(46)57(81)44(29(3)66)60-54(78)45(49(73)47(71)34-17-19-36(67)20-18-34)61-52(76)40-24-37(68)26-63(40)56(80)43(28(2)65)59-51(39)75/h7-22,28-29,37,39-49,53,65-73,77H,4,23-27H2,1-3H3,(H,58,74)(H,59,75)(H,60,78)(H,61,76)(H,62,79)/t28-,29-,37-,39?,40+,41-,42+,43+,44+,45+,46+,47+,48+,49+,53-/m1/s1. The number of nitrogens with one attached hydrogen (secondary N) is 5. The largest absolute Gasteiger partial charge is 0.508 e. The first-order valence-electron chi connectivity index (χ1n) is 26.5. The van der Waals surface area contributed by atoms with Crippen LogP contribution in [0.1, 0.15) is 73.2 Å². The van der Waals surface area contributed by atoms with Crippen LogP contribution in [0, 0.1) is 11.8 Å². The van der Waals surface area contributed by atoms with Gasteiger partial charge in [0.15, 0.2) is 6.23 Å². The van der Waals surface area contributed by atoms with E-state index in [-0.39, 0.29) is 16.9 Å². The van der Waals surface area contributed by atoms with Crippen molar-refractivity contribution in [1.82, 2.24) is 36.4 Å². The number of aromatic hydroxyl groups is 1. The van der Waals surface area contributed by atoms with Crippen molar-refractivity contribution in [2.75, 3.05) is 19.7 Å². The molecule has 82 heavy (non-hydrogen) atoms. The molecule has 25 nitrogen and oxygen atoms in total. The van der Waals surface area contributed by atoms with E-state index in [1.165, 1.54) is 24.3 Å². The van der Waals surface area contributed by atoms with Crippen LogP contribution in [0.2, 0.25) is 0 Å². The van der Waals surface area contributed by atoms with Crippen molar-refractivity contribution in [2.45, 2.75) is 131 Å². The summed E-state index contributed by atoms with van der Waals surface area (Å²) in [6.45, 7) is 3.30. The zero-order valence-electron chi connectivity index (χ0n) is 44.8. The Morgan fingerprint density at radius 2 is 1.17 bits per heavy atom. The minimum absolute atomic E-state index is 0.0278. The van der Waals surface area contributed by atoms with Crippen molar-refractivity contribution >= 4 is 41.4 Å². The van der Waals surface area contributed by atoms with E-state index >= 15 is 0 Å². The number of amides is 7. The van der Waals surface area contributed by atoms with Gasteiger partial charge in [0.25, 0.3) is 5.91 Å². The van der Waals surface area contributed by atoms with Crippen LogP contribution in [0.25, 0.3) is 11.1 Å². The molecule has 438 valence electrons. The van der Waals surface area contributed by atoms with Crippen LogP contribution in [0.3, 0.4) is 0 Å². The van der Waals surface area contributed by atoms with Crippen molar-refractivity contribution in [3.63, 3.8) is 0 Å². The second-order valence-corrected chi connectivity index (χ2v) is 20.4. The Morgan fingerprint density at radius 1 is 0.634 bits per heavy atom. The summed E-state index contributed by atoms with van der Waals surface area (Å²) in [4.78, 5) is 101. The van der Waals surface area contributed by atoms with Crippen LogP contribution in [0.4, 0.5) is 0 Å². The molecule has 7 amide bonds. The summed E-state index contributed by atoms with van der Waals surface area (Å²) in [7, 11) is 0. The molecule has 3 heterocycles. The predicted molar refractivity (Wildman–Crippen MR) is 288 cm³/mol. The summed E-state index contributed by atoms with van der Waals surface area (Å²) in [5.74, 6) is -2.18. The molecule has 4 aromatic rings. The Morgan fingerprint density at radius 3 is 1.74 bits per heavy atom. The van der Waals surface area contributed by atoms with Gasteiger partial charge in [0.05, 0.1) is 37.6 Å². The second-order valence-electron chi connectivity index (χ2n) is 20.4. The van der Waals surface area contributed by atoms with Crippen LogP contribution in [-0.4, -0.2) is 207 Å². The third kappa shape index (κ3) is 14.7. The third-order valence-corrected chi connectivity index (χ3v) is 14.2. The van der Waals surface area contributed by atoms with Gasteiger partial charge in [-0.3, -0.25) is 33.6 Å². The average molecular weight is 1140 g/mol. The number of benzene rings is 4. The minimum Gasteiger partial charge on any atom is -0.508 e. The Balaban J connectivity index is 1.18. The molecular formula is C57H67N7O18. The van der Waals surface area contributed by atoms with Gasteiger partial charge < -0.3 is 92.2 Å². The summed E-state index contributed by atoms with van der Waals surface area (Å²) < 4.78 is 5.63. The summed E-state index contributed by atoms with van der Waals surface area (Å²) in [6, 6.07) is 13.2. The Bertz CT molecular complexity index is 2990. The van der Waals surface area contributed by atoms with Crippen LogP contribution in [0.15, 0.2) is 97.1 Å². The van der Waals surface area contributed by atoms with E-state index in [0.29, 0.717) is 17.1 Å².